The first-order valence-electron chi connectivity index (χ1n) is 9.04. The molecule has 0 spiro atoms. The quantitative estimate of drug-likeness (QED) is 0.586. The summed E-state index contributed by atoms with van der Waals surface area (Å²) in [7, 11) is 0. The minimum absolute atomic E-state index is 0.193. The van der Waals surface area contributed by atoms with E-state index in [1.807, 2.05) is 49.6 Å². The van der Waals surface area contributed by atoms with Crippen LogP contribution in [0.15, 0.2) is 47.8 Å². The topological polar surface area (TPSA) is 73.3 Å². The maximum Gasteiger partial charge on any atom is 0.260 e. The summed E-state index contributed by atoms with van der Waals surface area (Å²) in [6.07, 6.45) is -0.592. The average molecular weight is 398 g/mol. The van der Waals surface area contributed by atoms with Crippen molar-refractivity contribution < 1.29 is 14.3 Å². The molecule has 0 fully saturated rings. The number of aryl methyl sites for hydroxylation is 2. The van der Waals surface area contributed by atoms with E-state index in [-0.39, 0.29) is 5.91 Å². The molecule has 146 valence electrons. The number of nitrogens with zero attached hydrogens (tertiary/aromatic N) is 2. The van der Waals surface area contributed by atoms with Crippen molar-refractivity contribution in [3.05, 3.63) is 59.0 Å². The third kappa shape index (κ3) is 5.53. The van der Waals surface area contributed by atoms with Gasteiger partial charge in [0.05, 0.1) is 11.4 Å². The highest BCUT2D eigenvalue weighted by atomic mass is 32.1. The van der Waals surface area contributed by atoms with Gasteiger partial charge in [-0.25, -0.2) is 0 Å². The summed E-state index contributed by atoms with van der Waals surface area (Å²) < 4.78 is 11.3. The van der Waals surface area contributed by atoms with Gasteiger partial charge in [0, 0.05) is 6.07 Å². The second-order valence-electron chi connectivity index (χ2n) is 6.46. The van der Waals surface area contributed by atoms with Gasteiger partial charge >= 0.3 is 0 Å². The molecule has 1 amide bonds. The van der Waals surface area contributed by atoms with Crippen LogP contribution in [-0.4, -0.2) is 35.4 Å². The van der Waals surface area contributed by atoms with Crippen LogP contribution in [0.5, 0.6) is 11.6 Å². The van der Waals surface area contributed by atoms with Crippen molar-refractivity contribution in [1.82, 2.24) is 15.5 Å². The Kier molecular flexibility index (Phi) is 6.60. The van der Waals surface area contributed by atoms with E-state index in [0.717, 1.165) is 21.7 Å². The van der Waals surface area contributed by atoms with Gasteiger partial charge in [-0.05, 0) is 61.5 Å². The van der Waals surface area contributed by atoms with E-state index in [1.165, 1.54) is 0 Å². The molecule has 7 heteroatoms. The molecule has 0 aliphatic heterocycles. The van der Waals surface area contributed by atoms with Crippen molar-refractivity contribution in [3.8, 4) is 22.2 Å². The fourth-order valence-corrected chi connectivity index (χ4v) is 3.38. The van der Waals surface area contributed by atoms with E-state index in [9.17, 15) is 4.79 Å². The minimum atomic E-state index is -0.592. The summed E-state index contributed by atoms with van der Waals surface area (Å²) >= 11 is 1.61. The van der Waals surface area contributed by atoms with Crippen molar-refractivity contribution in [3.63, 3.8) is 0 Å². The van der Waals surface area contributed by atoms with Gasteiger partial charge < -0.3 is 14.8 Å². The number of aromatic nitrogens is 2. The molecular formula is C21H23N3O3S. The van der Waals surface area contributed by atoms with E-state index < -0.39 is 6.10 Å². The van der Waals surface area contributed by atoms with Gasteiger partial charge in [-0.15, -0.1) is 21.5 Å². The molecule has 3 rings (SSSR count). The lowest BCUT2D eigenvalue weighted by Crippen LogP contribution is -2.38. The summed E-state index contributed by atoms with van der Waals surface area (Å²) in [5, 5.41) is 13.0. The minimum Gasteiger partial charge on any atom is -0.481 e. The lowest BCUT2D eigenvalue weighted by molar-refractivity contribution is -0.127. The number of rotatable bonds is 8. The molecule has 1 atom stereocenters. The van der Waals surface area contributed by atoms with Crippen molar-refractivity contribution in [2.45, 2.75) is 26.9 Å². The number of thiophene rings is 1. The second-order valence-corrected chi connectivity index (χ2v) is 7.40. The van der Waals surface area contributed by atoms with Gasteiger partial charge in [0.2, 0.25) is 5.88 Å². The number of hydrogen-bond donors (Lipinski definition) is 1. The summed E-state index contributed by atoms with van der Waals surface area (Å²) in [5.74, 6) is 0.925. The normalized spacial score (nSPS) is 11.7. The van der Waals surface area contributed by atoms with Crippen LogP contribution in [0.2, 0.25) is 0 Å². The average Bonchev–Trinajstić information content (AvgIpc) is 3.19. The number of amides is 1. The molecule has 2 aromatic heterocycles. The van der Waals surface area contributed by atoms with Crippen LogP contribution in [0.4, 0.5) is 0 Å². The van der Waals surface area contributed by atoms with E-state index in [0.29, 0.717) is 24.8 Å². The molecule has 0 bridgehead atoms. The van der Waals surface area contributed by atoms with Crippen LogP contribution >= 0.6 is 11.3 Å². The highest BCUT2D eigenvalue weighted by Crippen LogP contribution is 2.22. The van der Waals surface area contributed by atoms with Gasteiger partial charge in [0.15, 0.2) is 6.10 Å². The predicted octanol–water partition coefficient (Wildman–Crippen LogP) is 3.78. The molecule has 28 heavy (non-hydrogen) atoms. The van der Waals surface area contributed by atoms with E-state index in [1.54, 1.807) is 24.3 Å². The Morgan fingerprint density at radius 3 is 2.57 bits per heavy atom. The largest absolute Gasteiger partial charge is 0.481 e. The first-order chi connectivity index (χ1) is 13.5. The van der Waals surface area contributed by atoms with Gasteiger partial charge in [-0.3, -0.25) is 4.79 Å². The SMILES string of the molecule is Cc1cc(C)cc(OC(C)C(=O)NCCOc2ccc(-c3cccs3)nn2)c1. The zero-order valence-corrected chi connectivity index (χ0v) is 17.0. The fourth-order valence-electron chi connectivity index (χ4n) is 2.68. The lowest BCUT2D eigenvalue weighted by Gasteiger charge is -2.15. The standard InChI is InChI=1S/C21H23N3O3S/c1-14-11-15(2)13-17(12-14)27-16(3)21(25)22-8-9-26-20-7-6-18(23-24-20)19-5-4-10-28-19/h4-7,10-13,16H,8-9H2,1-3H3,(H,22,25). The molecule has 6 nitrogen and oxygen atoms in total. The smallest absolute Gasteiger partial charge is 0.260 e. The first-order valence-corrected chi connectivity index (χ1v) is 9.92. The highest BCUT2D eigenvalue weighted by Gasteiger charge is 2.14. The van der Waals surface area contributed by atoms with Gasteiger partial charge in [0.25, 0.3) is 5.91 Å². The van der Waals surface area contributed by atoms with E-state index in [4.69, 9.17) is 9.47 Å². The van der Waals surface area contributed by atoms with Gasteiger partial charge in [-0.2, -0.15) is 0 Å². The molecule has 1 aromatic carbocycles. The Bertz CT molecular complexity index is 891. The van der Waals surface area contributed by atoms with Crippen molar-refractivity contribution in [1.29, 1.82) is 0 Å². The number of hydrogen-bond acceptors (Lipinski definition) is 6. The molecule has 0 radical (unpaired) electrons. The van der Waals surface area contributed by atoms with Crippen molar-refractivity contribution in [2.75, 3.05) is 13.2 Å². The number of benzene rings is 1. The third-order valence-electron chi connectivity index (χ3n) is 3.94. The zero-order chi connectivity index (χ0) is 19.9. The predicted molar refractivity (Wildman–Crippen MR) is 110 cm³/mol. The summed E-state index contributed by atoms with van der Waals surface area (Å²) in [6, 6.07) is 13.5. The Morgan fingerprint density at radius 2 is 1.93 bits per heavy atom. The monoisotopic (exact) mass is 397 g/mol. The molecular weight excluding hydrogens is 374 g/mol. The van der Waals surface area contributed by atoms with Crippen LogP contribution in [0, 0.1) is 13.8 Å². The molecule has 0 saturated carbocycles. The molecule has 0 saturated heterocycles. The molecule has 0 aliphatic rings. The summed E-state index contributed by atoms with van der Waals surface area (Å²) in [6.45, 7) is 6.38. The maximum atomic E-state index is 12.2. The number of carbonyl (C=O) groups excluding carboxylic acids is 1. The van der Waals surface area contributed by atoms with Gasteiger partial charge in [0.1, 0.15) is 18.1 Å². The second kappa shape index (κ2) is 9.32. The fraction of sp³-hybridized carbons (Fsp3) is 0.286. The van der Waals surface area contributed by atoms with Crippen LogP contribution in [0.25, 0.3) is 10.6 Å². The molecule has 1 N–H and O–H groups in total. The van der Waals surface area contributed by atoms with Gasteiger partial charge in [-0.1, -0.05) is 12.1 Å². The van der Waals surface area contributed by atoms with Crippen molar-refractivity contribution in [2.24, 2.45) is 0 Å². The van der Waals surface area contributed by atoms with Crippen LogP contribution in [0.3, 0.4) is 0 Å². The van der Waals surface area contributed by atoms with Crippen LogP contribution in [0.1, 0.15) is 18.1 Å². The number of carbonyl (C=O) groups is 1. The molecule has 3 aromatic rings. The Hall–Kier alpha value is -2.93. The third-order valence-corrected chi connectivity index (χ3v) is 4.83. The summed E-state index contributed by atoms with van der Waals surface area (Å²) in [4.78, 5) is 13.2. The molecule has 2 heterocycles. The van der Waals surface area contributed by atoms with E-state index >= 15 is 0 Å². The summed E-state index contributed by atoms with van der Waals surface area (Å²) in [5.41, 5.74) is 3.01. The van der Waals surface area contributed by atoms with Crippen LogP contribution < -0.4 is 14.8 Å². The highest BCUT2D eigenvalue weighted by molar-refractivity contribution is 7.13. The zero-order valence-electron chi connectivity index (χ0n) is 16.1. The number of nitrogens with one attached hydrogen (secondary N) is 1. The lowest BCUT2D eigenvalue weighted by atomic mass is 10.1. The molecule has 1 unspecified atom stereocenters. The number of ether oxygens (including phenoxy) is 2. The molecule has 0 aliphatic carbocycles. The maximum absolute atomic E-state index is 12.2. The van der Waals surface area contributed by atoms with Crippen molar-refractivity contribution >= 4 is 17.2 Å². The van der Waals surface area contributed by atoms with E-state index in [2.05, 4.69) is 21.6 Å². The van der Waals surface area contributed by atoms with Crippen LogP contribution in [-0.2, 0) is 4.79 Å². The first kappa shape index (κ1) is 19.8. The Morgan fingerprint density at radius 1 is 1.14 bits per heavy atom. The Balaban J connectivity index is 1.41. The Labute approximate surface area is 168 Å².